The monoisotopic (exact) mass is 371 g/mol. The number of H-pyrrole nitrogens is 1. The Bertz CT molecular complexity index is 1010. The van der Waals surface area contributed by atoms with Crippen molar-refractivity contribution in [1.82, 2.24) is 9.78 Å². The lowest BCUT2D eigenvalue weighted by Crippen LogP contribution is -2.19. The highest BCUT2D eigenvalue weighted by Gasteiger charge is 2.17. The minimum absolute atomic E-state index is 0.0429. The molecular formula is C20H19ClFN3O. The van der Waals surface area contributed by atoms with Crippen molar-refractivity contribution in [3.05, 3.63) is 81.0 Å². The first-order chi connectivity index (χ1) is 12.5. The van der Waals surface area contributed by atoms with Crippen LogP contribution in [0.25, 0.3) is 5.69 Å². The van der Waals surface area contributed by atoms with Gasteiger partial charge in [-0.25, -0.2) is 9.07 Å². The highest BCUT2D eigenvalue weighted by Crippen LogP contribution is 2.22. The van der Waals surface area contributed by atoms with E-state index in [0.717, 1.165) is 17.8 Å². The summed E-state index contributed by atoms with van der Waals surface area (Å²) in [7, 11) is 0. The summed E-state index contributed by atoms with van der Waals surface area (Å²) in [6.45, 7) is 3.80. The molecule has 2 aromatic carbocycles. The average molecular weight is 372 g/mol. The topological polar surface area (TPSA) is 50.1 Å². The molecule has 0 atom stereocenters. The van der Waals surface area contributed by atoms with E-state index in [1.807, 2.05) is 37.3 Å². The first-order valence-electron chi connectivity index (χ1n) is 8.41. The fourth-order valence-corrected chi connectivity index (χ4v) is 2.97. The van der Waals surface area contributed by atoms with Gasteiger partial charge in [-0.2, -0.15) is 0 Å². The zero-order chi connectivity index (χ0) is 18.7. The Morgan fingerprint density at radius 1 is 1.23 bits per heavy atom. The molecule has 0 unspecified atom stereocenters. The first-order valence-corrected chi connectivity index (χ1v) is 8.79. The van der Waals surface area contributed by atoms with E-state index in [2.05, 4.69) is 10.1 Å². The van der Waals surface area contributed by atoms with Crippen LogP contribution in [0.3, 0.4) is 0 Å². The fourth-order valence-electron chi connectivity index (χ4n) is 2.85. The van der Waals surface area contributed by atoms with E-state index in [4.69, 9.17) is 11.6 Å². The standard InChI is InChI=1S/C20H19ClFN3O/c1-3-7-18-19(13(2)23-14-10-11-16(21)17(22)12-14)20(26)25(24-18)15-8-5-4-6-9-15/h4-6,8-12,24H,3,7H2,1-2H3. The molecule has 0 aliphatic carbocycles. The van der Waals surface area contributed by atoms with Gasteiger partial charge in [0.05, 0.1) is 27.7 Å². The summed E-state index contributed by atoms with van der Waals surface area (Å²) >= 11 is 5.72. The Morgan fingerprint density at radius 3 is 2.62 bits per heavy atom. The third-order valence-electron chi connectivity index (χ3n) is 4.04. The number of nitrogens with zero attached hydrogens (tertiary/aromatic N) is 2. The molecular weight excluding hydrogens is 353 g/mol. The quantitative estimate of drug-likeness (QED) is 0.627. The zero-order valence-electron chi connectivity index (χ0n) is 14.6. The van der Waals surface area contributed by atoms with Gasteiger partial charge in [-0.1, -0.05) is 43.1 Å². The predicted molar refractivity (Wildman–Crippen MR) is 104 cm³/mol. The van der Waals surface area contributed by atoms with Gasteiger partial charge in [0.25, 0.3) is 5.56 Å². The van der Waals surface area contributed by atoms with Gasteiger partial charge in [-0.3, -0.25) is 14.9 Å². The van der Waals surface area contributed by atoms with E-state index >= 15 is 0 Å². The van der Waals surface area contributed by atoms with E-state index in [9.17, 15) is 9.18 Å². The maximum Gasteiger partial charge on any atom is 0.280 e. The summed E-state index contributed by atoms with van der Waals surface area (Å²) < 4.78 is 15.2. The van der Waals surface area contributed by atoms with Gasteiger partial charge in [0.2, 0.25) is 0 Å². The summed E-state index contributed by atoms with van der Waals surface area (Å²) in [6, 6.07) is 13.7. The van der Waals surface area contributed by atoms with E-state index < -0.39 is 5.82 Å². The van der Waals surface area contributed by atoms with E-state index in [1.54, 1.807) is 13.0 Å². The molecule has 0 aliphatic heterocycles. The number of hydrogen-bond donors (Lipinski definition) is 1. The lowest BCUT2D eigenvalue weighted by Gasteiger charge is -2.02. The van der Waals surface area contributed by atoms with Gasteiger partial charge in [-0.05, 0) is 37.6 Å². The van der Waals surface area contributed by atoms with E-state index in [0.29, 0.717) is 23.4 Å². The van der Waals surface area contributed by atoms with Crippen LogP contribution in [-0.2, 0) is 6.42 Å². The molecule has 1 heterocycles. The molecule has 0 bridgehead atoms. The molecule has 26 heavy (non-hydrogen) atoms. The van der Waals surface area contributed by atoms with Crippen molar-refractivity contribution in [2.24, 2.45) is 4.99 Å². The average Bonchev–Trinajstić information content (AvgIpc) is 2.95. The van der Waals surface area contributed by atoms with Crippen molar-refractivity contribution in [3.8, 4) is 5.69 Å². The molecule has 3 rings (SSSR count). The normalized spacial score (nSPS) is 11.8. The summed E-state index contributed by atoms with van der Waals surface area (Å²) in [6.07, 6.45) is 1.59. The number of hydrogen-bond acceptors (Lipinski definition) is 2. The van der Waals surface area contributed by atoms with Crippen molar-refractivity contribution in [2.45, 2.75) is 26.7 Å². The molecule has 1 aromatic heterocycles. The van der Waals surface area contributed by atoms with Crippen LogP contribution < -0.4 is 5.56 Å². The number of para-hydroxylation sites is 1. The van der Waals surface area contributed by atoms with Crippen molar-refractivity contribution in [1.29, 1.82) is 0 Å². The zero-order valence-corrected chi connectivity index (χ0v) is 15.3. The Hall–Kier alpha value is -2.66. The summed E-state index contributed by atoms with van der Waals surface area (Å²) in [5.74, 6) is -0.537. The van der Waals surface area contributed by atoms with Crippen LogP contribution in [-0.4, -0.2) is 15.5 Å². The molecule has 0 amide bonds. The molecule has 0 saturated carbocycles. The molecule has 0 saturated heterocycles. The number of aromatic amines is 1. The molecule has 0 aliphatic rings. The van der Waals surface area contributed by atoms with Gasteiger partial charge in [0, 0.05) is 11.8 Å². The summed E-state index contributed by atoms with van der Waals surface area (Å²) in [4.78, 5) is 17.4. The molecule has 0 fully saturated rings. The van der Waals surface area contributed by atoms with Crippen LogP contribution in [0.5, 0.6) is 0 Å². The van der Waals surface area contributed by atoms with E-state index in [1.165, 1.54) is 16.8 Å². The molecule has 4 nitrogen and oxygen atoms in total. The molecule has 0 radical (unpaired) electrons. The predicted octanol–water partition coefficient (Wildman–Crippen LogP) is 5.05. The highest BCUT2D eigenvalue weighted by molar-refractivity contribution is 6.30. The highest BCUT2D eigenvalue weighted by atomic mass is 35.5. The molecule has 6 heteroatoms. The second-order valence-corrected chi connectivity index (χ2v) is 6.39. The van der Waals surface area contributed by atoms with Crippen LogP contribution in [0, 0.1) is 5.82 Å². The van der Waals surface area contributed by atoms with Crippen LogP contribution in [0.4, 0.5) is 10.1 Å². The van der Waals surface area contributed by atoms with Gasteiger partial charge in [0.15, 0.2) is 0 Å². The lowest BCUT2D eigenvalue weighted by atomic mass is 10.1. The number of aromatic nitrogens is 2. The largest absolute Gasteiger partial charge is 0.294 e. The number of rotatable bonds is 5. The smallest absolute Gasteiger partial charge is 0.280 e. The SMILES string of the molecule is CCCc1[nH]n(-c2ccccc2)c(=O)c1C(C)=Nc1ccc(Cl)c(F)c1. The van der Waals surface area contributed by atoms with Gasteiger partial charge in [0.1, 0.15) is 5.82 Å². The van der Waals surface area contributed by atoms with Gasteiger partial charge < -0.3 is 0 Å². The summed E-state index contributed by atoms with van der Waals surface area (Å²) in [5.41, 5.74) is 2.87. The molecule has 3 aromatic rings. The Labute approximate surface area is 156 Å². The summed E-state index contributed by atoms with van der Waals surface area (Å²) in [5, 5.41) is 3.23. The van der Waals surface area contributed by atoms with Crippen molar-refractivity contribution in [2.75, 3.05) is 0 Å². The van der Waals surface area contributed by atoms with Gasteiger partial charge >= 0.3 is 0 Å². The van der Waals surface area contributed by atoms with Crippen LogP contribution >= 0.6 is 11.6 Å². The number of halogens is 2. The van der Waals surface area contributed by atoms with Crippen molar-refractivity contribution in [3.63, 3.8) is 0 Å². The maximum atomic E-state index is 13.7. The van der Waals surface area contributed by atoms with E-state index in [-0.39, 0.29) is 10.6 Å². The third kappa shape index (κ3) is 3.63. The second-order valence-electron chi connectivity index (χ2n) is 5.99. The minimum atomic E-state index is -0.537. The fraction of sp³-hybridized carbons (Fsp3) is 0.200. The lowest BCUT2D eigenvalue weighted by molar-refractivity contribution is 0.628. The molecule has 0 spiro atoms. The van der Waals surface area contributed by atoms with Crippen LogP contribution in [0.2, 0.25) is 5.02 Å². The number of aryl methyl sites for hydroxylation is 1. The first kappa shape index (κ1) is 18.1. The van der Waals surface area contributed by atoms with Crippen LogP contribution in [0.15, 0.2) is 58.3 Å². The number of nitrogens with one attached hydrogen (secondary N) is 1. The van der Waals surface area contributed by atoms with Crippen LogP contribution in [0.1, 0.15) is 31.5 Å². The second kappa shape index (κ2) is 7.70. The Morgan fingerprint density at radius 2 is 1.96 bits per heavy atom. The molecule has 1 N–H and O–H groups in total. The number of benzene rings is 2. The minimum Gasteiger partial charge on any atom is -0.294 e. The maximum absolute atomic E-state index is 13.7. The third-order valence-corrected chi connectivity index (χ3v) is 4.35. The number of aliphatic imine (C=N–C) groups is 1. The Kier molecular flexibility index (Phi) is 5.38. The van der Waals surface area contributed by atoms with Gasteiger partial charge in [-0.15, -0.1) is 0 Å². The molecule has 134 valence electrons. The van der Waals surface area contributed by atoms with Crippen molar-refractivity contribution >= 4 is 23.0 Å². The van der Waals surface area contributed by atoms with Crippen molar-refractivity contribution < 1.29 is 4.39 Å². The Balaban J connectivity index is 2.10.